The summed E-state index contributed by atoms with van der Waals surface area (Å²) in [5.41, 5.74) is 8.64. The Kier molecular flexibility index (Phi) is 3.65. The van der Waals surface area contributed by atoms with Crippen molar-refractivity contribution in [2.24, 2.45) is 5.73 Å². The minimum Gasteiger partial charge on any atom is -0.457 e. The molecule has 3 heteroatoms. The van der Waals surface area contributed by atoms with Crippen molar-refractivity contribution in [2.75, 3.05) is 0 Å². The first-order valence-corrected chi connectivity index (χ1v) is 6.25. The van der Waals surface area contributed by atoms with Gasteiger partial charge in [0.05, 0.1) is 12.3 Å². The van der Waals surface area contributed by atoms with Crippen LogP contribution in [0.15, 0.2) is 33.1 Å². The number of hydrogen-bond donors (Lipinski definition) is 1. The molecule has 1 aliphatic rings. The molecule has 0 spiro atoms. The third-order valence-electron chi connectivity index (χ3n) is 2.96. The smallest absolute Gasteiger partial charge is 0.174 e. The lowest BCUT2D eigenvalue weighted by molar-refractivity contribution is 0.533. The zero-order chi connectivity index (χ0) is 10.7. The van der Waals surface area contributed by atoms with Crippen LogP contribution in [0.25, 0.3) is 0 Å². The predicted molar refractivity (Wildman–Crippen MR) is 64.5 cm³/mol. The second-order valence-corrected chi connectivity index (χ2v) is 4.73. The number of nitrogens with two attached hydrogens (primary N) is 1. The number of allylic oxidation sites excluding steroid dienone is 1. The third kappa shape index (κ3) is 2.52. The van der Waals surface area contributed by atoms with Crippen molar-refractivity contribution in [1.29, 1.82) is 0 Å². The summed E-state index contributed by atoms with van der Waals surface area (Å²) >= 11 is 3.38. The predicted octanol–water partition coefficient (Wildman–Crippen LogP) is 3.93. The lowest BCUT2D eigenvalue weighted by atomic mass is 9.98. The molecule has 1 aromatic rings. The summed E-state index contributed by atoms with van der Waals surface area (Å²) < 4.78 is 5.98. The van der Waals surface area contributed by atoms with Crippen LogP contribution < -0.4 is 5.73 Å². The minimum absolute atomic E-state index is 0.00350. The van der Waals surface area contributed by atoms with Crippen LogP contribution in [0.5, 0.6) is 0 Å². The molecule has 2 N–H and O–H groups in total. The molecule has 0 saturated carbocycles. The van der Waals surface area contributed by atoms with Gasteiger partial charge in [0.15, 0.2) is 4.67 Å². The monoisotopic (exact) mass is 269 g/mol. The molecule has 2 rings (SSSR count). The summed E-state index contributed by atoms with van der Waals surface area (Å²) in [7, 11) is 0. The van der Waals surface area contributed by atoms with Crippen LogP contribution in [-0.2, 0) is 0 Å². The summed E-state index contributed by atoms with van der Waals surface area (Å²) in [6, 6.07) is 1.94. The van der Waals surface area contributed by atoms with Gasteiger partial charge in [-0.3, -0.25) is 0 Å². The molecular formula is C12H16BrNO. The van der Waals surface area contributed by atoms with E-state index in [1.807, 2.05) is 6.07 Å². The molecule has 0 saturated heterocycles. The van der Waals surface area contributed by atoms with E-state index in [-0.39, 0.29) is 6.04 Å². The van der Waals surface area contributed by atoms with Crippen LogP contribution in [0, 0.1) is 0 Å². The molecule has 1 aliphatic carbocycles. The third-order valence-corrected chi connectivity index (χ3v) is 3.60. The van der Waals surface area contributed by atoms with Gasteiger partial charge in [-0.15, -0.1) is 0 Å². The van der Waals surface area contributed by atoms with Gasteiger partial charge in [0, 0.05) is 5.56 Å². The molecule has 0 aliphatic heterocycles. The molecular weight excluding hydrogens is 254 g/mol. The number of hydrogen-bond acceptors (Lipinski definition) is 2. The topological polar surface area (TPSA) is 39.2 Å². The maximum absolute atomic E-state index is 6.23. The number of furan rings is 1. The second kappa shape index (κ2) is 4.99. The van der Waals surface area contributed by atoms with Gasteiger partial charge in [0.25, 0.3) is 0 Å². The Morgan fingerprint density at radius 1 is 1.33 bits per heavy atom. The number of halogens is 1. The standard InChI is InChI=1S/C12H16BrNO/c13-12-10(7-8-15-12)11(14)9-5-3-1-2-4-6-9/h5,7-8,11H,1-4,6,14H2. The van der Waals surface area contributed by atoms with Crippen molar-refractivity contribution in [3.8, 4) is 0 Å². The van der Waals surface area contributed by atoms with Crippen molar-refractivity contribution < 1.29 is 4.42 Å². The van der Waals surface area contributed by atoms with Gasteiger partial charge in [-0.05, 0) is 47.7 Å². The zero-order valence-electron chi connectivity index (χ0n) is 8.71. The van der Waals surface area contributed by atoms with E-state index in [1.54, 1.807) is 6.26 Å². The highest BCUT2D eigenvalue weighted by molar-refractivity contribution is 9.10. The van der Waals surface area contributed by atoms with E-state index in [9.17, 15) is 0 Å². The molecule has 82 valence electrons. The average molecular weight is 270 g/mol. The van der Waals surface area contributed by atoms with E-state index in [0.29, 0.717) is 0 Å². The fraction of sp³-hybridized carbons (Fsp3) is 0.500. The summed E-state index contributed by atoms with van der Waals surface area (Å²) in [5.74, 6) is 0. The van der Waals surface area contributed by atoms with Crippen molar-refractivity contribution in [3.05, 3.63) is 34.2 Å². The Morgan fingerprint density at radius 2 is 2.20 bits per heavy atom. The zero-order valence-corrected chi connectivity index (χ0v) is 10.3. The highest BCUT2D eigenvalue weighted by Crippen LogP contribution is 2.31. The van der Waals surface area contributed by atoms with Crippen molar-refractivity contribution in [1.82, 2.24) is 0 Å². The van der Waals surface area contributed by atoms with Gasteiger partial charge in [-0.1, -0.05) is 18.1 Å². The van der Waals surface area contributed by atoms with Crippen LogP contribution in [0.1, 0.15) is 43.7 Å². The Morgan fingerprint density at radius 3 is 2.93 bits per heavy atom. The quantitative estimate of drug-likeness (QED) is 0.827. The molecule has 0 bridgehead atoms. The Labute approximate surface area is 98.7 Å². The Hall–Kier alpha value is -0.540. The molecule has 1 heterocycles. The fourth-order valence-corrected chi connectivity index (χ4v) is 2.54. The van der Waals surface area contributed by atoms with Crippen molar-refractivity contribution in [3.63, 3.8) is 0 Å². The molecule has 1 aromatic heterocycles. The van der Waals surface area contributed by atoms with Gasteiger partial charge in [-0.25, -0.2) is 0 Å². The molecule has 0 fully saturated rings. The minimum atomic E-state index is -0.00350. The molecule has 2 nitrogen and oxygen atoms in total. The van der Waals surface area contributed by atoms with E-state index in [4.69, 9.17) is 10.2 Å². The first kappa shape index (κ1) is 11.0. The van der Waals surface area contributed by atoms with Crippen molar-refractivity contribution in [2.45, 2.75) is 38.1 Å². The first-order valence-electron chi connectivity index (χ1n) is 5.46. The normalized spacial score (nSPS) is 19.5. The summed E-state index contributed by atoms with van der Waals surface area (Å²) in [4.78, 5) is 0. The second-order valence-electron chi connectivity index (χ2n) is 4.01. The molecule has 1 unspecified atom stereocenters. The summed E-state index contributed by atoms with van der Waals surface area (Å²) in [6.45, 7) is 0. The maximum Gasteiger partial charge on any atom is 0.174 e. The Balaban J connectivity index is 2.16. The highest BCUT2D eigenvalue weighted by Gasteiger charge is 2.17. The highest BCUT2D eigenvalue weighted by atomic mass is 79.9. The number of rotatable bonds is 2. The van der Waals surface area contributed by atoms with Crippen LogP contribution >= 0.6 is 15.9 Å². The molecule has 1 atom stereocenters. The van der Waals surface area contributed by atoms with Crippen molar-refractivity contribution >= 4 is 15.9 Å². The average Bonchev–Trinajstić information content (AvgIpc) is 2.53. The van der Waals surface area contributed by atoms with Gasteiger partial charge in [-0.2, -0.15) is 0 Å². The molecule has 15 heavy (non-hydrogen) atoms. The summed E-state index contributed by atoms with van der Waals surface area (Å²) in [5, 5.41) is 0. The maximum atomic E-state index is 6.23. The van der Waals surface area contributed by atoms with Crippen LogP contribution in [0.3, 0.4) is 0 Å². The van der Waals surface area contributed by atoms with Crippen LogP contribution in [0.2, 0.25) is 0 Å². The van der Waals surface area contributed by atoms with Crippen LogP contribution in [-0.4, -0.2) is 0 Å². The molecule has 0 amide bonds. The van der Waals surface area contributed by atoms with E-state index in [1.165, 1.54) is 31.3 Å². The first-order chi connectivity index (χ1) is 7.29. The largest absolute Gasteiger partial charge is 0.457 e. The van der Waals surface area contributed by atoms with Gasteiger partial charge in [0.2, 0.25) is 0 Å². The fourth-order valence-electron chi connectivity index (χ4n) is 2.05. The van der Waals surface area contributed by atoms with E-state index >= 15 is 0 Å². The lowest BCUT2D eigenvalue weighted by Gasteiger charge is -2.13. The SMILES string of the molecule is NC(C1=CCCCCC1)c1ccoc1Br. The summed E-state index contributed by atoms with van der Waals surface area (Å²) in [6.07, 6.45) is 10.1. The van der Waals surface area contributed by atoms with E-state index < -0.39 is 0 Å². The molecule has 0 radical (unpaired) electrons. The van der Waals surface area contributed by atoms with Gasteiger partial charge >= 0.3 is 0 Å². The van der Waals surface area contributed by atoms with Gasteiger partial charge < -0.3 is 10.2 Å². The van der Waals surface area contributed by atoms with Gasteiger partial charge in [0.1, 0.15) is 0 Å². The van der Waals surface area contributed by atoms with E-state index in [2.05, 4.69) is 22.0 Å². The Bertz CT molecular complexity index is 356. The molecule has 0 aromatic carbocycles. The van der Waals surface area contributed by atoms with E-state index in [0.717, 1.165) is 16.7 Å². The van der Waals surface area contributed by atoms with Crippen LogP contribution in [0.4, 0.5) is 0 Å². The lowest BCUT2D eigenvalue weighted by Crippen LogP contribution is -2.12.